The first-order valence-electron chi connectivity index (χ1n) is 6.44. The Balaban J connectivity index is 2.08. The molecule has 22 heavy (non-hydrogen) atoms. The zero-order valence-electron chi connectivity index (χ0n) is 11.7. The minimum atomic E-state index is -0.898. The molecular formula is C16H13BrClNO3. The lowest BCUT2D eigenvalue weighted by atomic mass is 10.1. The molecule has 1 atom stereocenters. The minimum absolute atomic E-state index is 0.248. The summed E-state index contributed by atoms with van der Waals surface area (Å²) in [6.45, 7) is 1.53. The molecule has 6 heteroatoms. The molecule has 0 aliphatic rings. The number of carbonyl (C=O) groups is 2. The third-order valence-corrected chi connectivity index (χ3v) is 3.89. The van der Waals surface area contributed by atoms with Crippen molar-refractivity contribution in [3.8, 4) is 0 Å². The molecule has 0 saturated heterocycles. The lowest BCUT2D eigenvalue weighted by molar-refractivity contribution is 0.0319. The second kappa shape index (κ2) is 6.94. The van der Waals surface area contributed by atoms with Crippen molar-refractivity contribution in [2.75, 3.05) is 5.73 Å². The number of ether oxygens (including phenoxy) is 1. The lowest BCUT2D eigenvalue weighted by Crippen LogP contribution is -2.24. The molecule has 4 nitrogen and oxygen atoms in total. The lowest BCUT2D eigenvalue weighted by Gasteiger charge is -2.13. The van der Waals surface area contributed by atoms with Gasteiger partial charge in [-0.05, 0) is 37.3 Å². The second-order valence-corrected chi connectivity index (χ2v) is 5.98. The first-order valence-corrected chi connectivity index (χ1v) is 7.61. The van der Waals surface area contributed by atoms with E-state index in [4.69, 9.17) is 22.1 Å². The van der Waals surface area contributed by atoms with Gasteiger partial charge in [-0.3, -0.25) is 4.79 Å². The van der Waals surface area contributed by atoms with Crippen molar-refractivity contribution < 1.29 is 14.3 Å². The van der Waals surface area contributed by atoms with E-state index in [0.29, 0.717) is 10.6 Å². The van der Waals surface area contributed by atoms with Gasteiger partial charge in [-0.25, -0.2) is 4.79 Å². The normalized spacial score (nSPS) is 11.8. The Bertz CT molecular complexity index is 716. The average molecular weight is 383 g/mol. The highest BCUT2D eigenvalue weighted by atomic mass is 79.9. The minimum Gasteiger partial charge on any atom is -0.451 e. The molecule has 0 heterocycles. The maximum Gasteiger partial charge on any atom is 0.338 e. The highest BCUT2D eigenvalue weighted by molar-refractivity contribution is 9.10. The van der Waals surface area contributed by atoms with E-state index in [1.54, 1.807) is 24.3 Å². The molecule has 2 aromatic carbocycles. The number of rotatable bonds is 4. The molecule has 2 aromatic rings. The van der Waals surface area contributed by atoms with Crippen LogP contribution in [0.3, 0.4) is 0 Å². The van der Waals surface area contributed by atoms with Gasteiger partial charge in [0.2, 0.25) is 5.78 Å². The molecule has 0 aliphatic carbocycles. The van der Waals surface area contributed by atoms with E-state index in [2.05, 4.69) is 15.9 Å². The first-order chi connectivity index (χ1) is 10.4. The molecule has 0 aromatic heterocycles. The number of halogens is 2. The summed E-state index contributed by atoms with van der Waals surface area (Å²) < 4.78 is 6.04. The Morgan fingerprint density at radius 2 is 1.73 bits per heavy atom. The van der Waals surface area contributed by atoms with Crippen LogP contribution in [0.1, 0.15) is 27.6 Å². The standard InChI is InChI=1S/C16H13BrClNO3/c1-9(15(20)10-2-5-12(17)6-3-10)22-16(21)11-4-7-13(18)14(19)8-11/h2-9H,19H2,1H3. The monoisotopic (exact) mass is 381 g/mol. The van der Waals surface area contributed by atoms with Crippen LogP contribution in [0.25, 0.3) is 0 Å². The number of hydrogen-bond acceptors (Lipinski definition) is 4. The van der Waals surface area contributed by atoms with E-state index >= 15 is 0 Å². The number of benzene rings is 2. The maximum atomic E-state index is 12.2. The summed E-state index contributed by atoms with van der Waals surface area (Å²) in [7, 11) is 0. The summed E-state index contributed by atoms with van der Waals surface area (Å²) >= 11 is 9.10. The maximum absolute atomic E-state index is 12.2. The van der Waals surface area contributed by atoms with Crippen molar-refractivity contribution in [1.82, 2.24) is 0 Å². The molecule has 0 bridgehead atoms. The highest BCUT2D eigenvalue weighted by Crippen LogP contribution is 2.20. The summed E-state index contributed by atoms with van der Waals surface area (Å²) in [5, 5.41) is 0.357. The van der Waals surface area contributed by atoms with Gasteiger partial charge in [-0.2, -0.15) is 0 Å². The molecule has 2 rings (SSSR count). The molecule has 0 spiro atoms. The van der Waals surface area contributed by atoms with Crippen molar-refractivity contribution in [3.63, 3.8) is 0 Å². The zero-order valence-corrected chi connectivity index (χ0v) is 14.0. The SMILES string of the molecule is CC(OC(=O)c1ccc(Cl)c(N)c1)C(=O)c1ccc(Br)cc1. The van der Waals surface area contributed by atoms with Gasteiger partial charge in [0.1, 0.15) is 0 Å². The van der Waals surface area contributed by atoms with Crippen LogP contribution >= 0.6 is 27.5 Å². The van der Waals surface area contributed by atoms with Gasteiger partial charge in [0.05, 0.1) is 16.3 Å². The Labute approximate surface area is 141 Å². The summed E-state index contributed by atoms with van der Waals surface area (Å²) in [4.78, 5) is 24.2. The molecular weight excluding hydrogens is 370 g/mol. The van der Waals surface area contributed by atoms with Gasteiger partial charge in [-0.1, -0.05) is 39.7 Å². The summed E-state index contributed by atoms with van der Waals surface area (Å²) in [6, 6.07) is 11.3. The fraction of sp³-hybridized carbons (Fsp3) is 0.125. The van der Waals surface area contributed by atoms with Crippen LogP contribution in [0.15, 0.2) is 46.9 Å². The van der Waals surface area contributed by atoms with E-state index in [0.717, 1.165) is 4.47 Å². The van der Waals surface area contributed by atoms with Crippen molar-refractivity contribution in [2.24, 2.45) is 0 Å². The zero-order chi connectivity index (χ0) is 16.3. The van der Waals surface area contributed by atoms with E-state index in [1.807, 2.05) is 0 Å². The van der Waals surface area contributed by atoms with Crippen LogP contribution in [-0.2, 0) is 4.74 Å². The molecule has 0 fully saturated rings. The fourth-order valence-corrected chi connectivity index (χ4v) is 2.18. The third-order valence-electron chi connectivity index (χ3n) is 3.01. The molecule has 2 N–H and O–H groups in total. The van der Waals surface area contributed by atoms with Gasteiger partial charge in [0, 0.05) is 10.0 Å². The Morgan fingerprint density at radius 3 is 2.32 bits per heavy atom. The molecule has 0 saturated carbocycles. The summed E-state index contributed by atoms with van der Waals surface area (Å²) in [6.07, 6.45) is -0.898. The number of esters is 1. The van der Waals surface area contributed by atoms with Gasteiger partial charge >= 0.3 is 5.97 Å². The molecule has 1 unspecified atom stereocenters. The van der Waals surface area contributed by atoms with Gasteiger partial charge in [0.25, 0.3) is 0 Å². The number of hydrogen-bond donors (Lipinski definition) is 1. The largest absolute Gasteiger partial charge is 0.451 e. The average Bonchev–Trinajstić information content (AvgIpc) is 2.50. The van der Waals surface area contributed by atoms with E-state index in [-0.39, 0.29) is 17.0 Å². The molecule has 0 aliphatic heterocycles. The van der Waals surface area contributed by atoms with E-state index in [1.165, 1.54) is 25.1 Å². The van der Waals surface area contributed by atoms with Gasteiger partial charge in [-0.15, -0.1) is 0 Å². The van der Waals surface area contributed by atoms with Crippen molar-refractivity contribution in [2.45, 2.75) is 13.0 Å². The highest BCUT2D eigenvalue weighted by Gasteiger charge is 2.20. The third kappa shape index (κ3) is 3.87. The predicted molar refractivity (Wildman–Crippen MR) is 89.2 cm³/mol. The topological polar surface area (TPSA) is 69.4 Å². The molecule has 0 amide bonds. The number of nitrogens with two attached hydrogens (primary N) is 1. The fourth-order valence-electron chi connectivity index (χ4n) is 1.80. The van der Waals surface area contributed by atoms with Crippen LogP contribution in [0, 0.1) is 0 Å². The number of anilines is 1. The van der Waals surface area contributed by atoms with Crippen LogP contribution in [-0.4, -0.2) is 17.9 Å². The van der Waals surface area contributed by atoms with Crippen LogP contribution in [0.4, 0.5) is 5.69 Å². The Hall–Kier alpha value is -1.85. The number of nitrogen functional groups attached to an aromatic ring is 1. The number of ketones is 1. The quantitative estimate of drug-likeness (QED) is 0.491. The first kappa shape index (κ1) is 16.5. The van der Waals surface area contributed by atoms with Crippen LogP contribution in [0.2, 0.25) is 5.02 Å². The molecule has 114 valence electrons. The van der Waals surface area contributed by atoms with Gasteiger partial charge in [0.15, 0.2) is 6.10 Å². The van der Waals surface area contributed by atoms with Crippen molar-refractivity contribution >= 4 is 45.0 Å². The number of Topliss-reactive ketones (excluding diaryl/α,β-unsaturated/α-hetero) is 1. The van der Waals surface area contributed by atoms with Crippen LogP contribution in [0.5, 0.6) is 0 Å². The van der Waals surface area contributed by atoms with E-state index < -0.39 is 12.1 Å². The molecule has 0 radical (unpaired) electrons. The Morgan fingerprint density at radius 1 is 1.14 bits per heavy atom. The Kier molecular flexibility index (Phi) is 5.21. The predicted octanol–water partition coefficient (Wildman–Crippen LogP) is 4.11. The number of carbonyl (C=O) groups excluding carboxylic acids is 2. The second-order valence-electron chi connectivity index (χ2n) is 4.65. The van der Waals surface area contributed by atoms with E-state index in [9.17, 15) is 9.59 Å². The smallest absolute Gasteiger partial charge is 0.338 e. The van der Waals surface area contributed by atoms with Gasteiger partial charge < -0.3 is 10.5 Å². The van der Waals surface area contributed by atoms with Crippen molar-refractivity contribution in [3.05, 3.63) is 63.1 Å². The van der Waals surface area contributed by atoms with Crippen molar-refractivity contribution in [1.29, 1.82) is 0 Å². The van der Waals surface area contributed by atoms with Crippen LogP contribution < -0.4 is 5.73 Å². The summed E-state index contributed by atoms with van der Waals surface area (Å²) in [5.41, 5.74) is 6.64. The summed E-state index contributed by atoms with van der Waals surface area (Å²) in [5.74, 6) is -0.899.